The molecule has 6 N–H and O–H groups in total. The zero-order valence-electron chi connectivity index (χ0n) is 27.0. The zero-order chi connectivity index (χ0) is 31.7. The van der Waals surface area contributed by atoms with Crippen molar-refractivity contribution in [3.63, 3.8) is 0 Å². The number of hydrogen-bond acceptors (Lipinski definition) is 8. The third-order valence-electron chi connectivity index (χ3n) is 8.06. The van der Waals surface area contributed by atoms with Crippen LogP contribution in [-0.2, 0) is 14.3 Å². The maximum atomic E-state index is 11.6. The highest BCUT2D eigenvalue weighted by Gasteiger charge is 2.44. The van der Waals surface area contributed by atoms with Gasteiger partial charge in [0, 0.05) is 6.92 Å². The molecule has 7 atom stereocenters. The number of ether oxygens (including phenoxy) is 2. The van der Waals surface area contributed by atoms with Crippen molar-refractivity contribution in [1.29, 1.82) is 0 Å². The topological polar surface area (TPSA) is 149 Å². The fraction of sp³-hybridized carbons (Fsp3) is 0.853. The second kappa shape index (κ2) is 25.9. The summed E-state index contributed by atoms with van der Waals surface area (Å²) < 4.78 is 10.8. The van der Waals surface area contributed by atoms with Gasteiger partial charge in [0.15, 0.2) is 6.29 Å². The van der Waals surface area contributed by atoms with Crippen molar-refractivity contribution in [2.45, 2.75) is 172 Å². The van der Waals surface area contributed by atoms with Crippen LogP contribution in [0.15, 0.2) is 24.3 Å². The van der Waals surface area contributed by atoms with Crippen LogP contribution in [0.2, 0.25) is 0 Å². The molecular weight excluding hydrogens is 550 g/mol. The first kappa shape index (κ1) is 39.7. The molecule has 1 aliphatic rings. The first-order valence-corrected chi connectivity index (χ1v) is 17.0. The van der Waals surface area contributed by atoms with E-state index in [1.807, 2.05) is 6.08 Å². The summed E-state index contributed by atoms with van der Waals surface area (Å²) in [5.74, 6) is -0.364. The number of nitrogens with one attached hydrogen (secondary N) is 1. The van der Waals surface area contributed by atoms with Crippen LogP contribution >= 0.6 is 0 Å². The van der Waals surface area contributed by atoms with E-state index in [2.05, 4.69) is 24.4 Å². The SMILES string of the molecule is CCCCCCCCCCCCCCCCC/C=C/CC/C=C/C(O)C(COC1OC(CO)C(O)C(O)C1O)NC(C)=O. The van der Waals surface area contributed by atoms with Gasteiger partial charge in [-0.15, -0.1) is 0 Å². The van der Waals surface area contributed by atoms with Gasteiger partial charge in [0.2, 0.25) is 5.91 Å². The number of carbonyl (C=O) groups excluding carboxylic acids is 1. The van der Waals surface area contributed by atoms with Crippen LogP contribution in [-0.4, -0.2) is 87.5 Å². The first-order chi connectivity index (χ1) is 20.8. The summed E-state index contributed by atoms with van der Waals surface area (Å²) in [6.45, 7) is 2.80. The highest BCUT2D eigenvalue weighted by atomic mass is 16.7. The van der Waals surface area contributed by atoms with Crippen molar-refractivity contribution >= 4 is 5.91 Å². The Bertz CT molecular complexity index is 731. The van der Waals surface area contributed by atoms with E-state index in [9.17, 15) is 30.3 Å². The Kier molecular flexibility index (Phi) is 23.9. The molecule has 0 aromatic carbocycles. The normalized spacial score (nSPS) is 24.1. The highest BCUT2D eigenvalue weighted by Crippen LogP contribution is 2.22. The third-order valence-corrected chi connectivity index (χ3v) is 8.06. The molecule has 0 bridgehead atoms. The Hall–Kier alpha value is -1.33. The smallest absolute Gasteiger partial charge is 0.217 e. The second-order valence-electron chi connectivity index (χ2n) is 12.0. The van der Waals surface area contributed by atoms with Crippen molar-refractivity contribution in [3.05, 3.63) is 24.3 Å². The number of unbranched alkanes of at least 4 members (excludes halogenated alkanes) is 16. The van der Waals surface area contributed by atoms with Gasteiger partial charge in [0.05, 0.1) is 25.4 Å². The average molecular weight is 614 g/mol. The van der Waals surface area contributed by atoms with E-state index in [1.54, 1.807) is 6.08 Å². The standard InChI is InChI=1S/C34H63NO8/c1-3-4-5-6-7-8-9-10-11-12-13-14-15-16-17-18-19-20-21-22-23-24-29(38)28(35-27(2)37)26-42-34-33(41)32(40)31(39)30(25-36)43-34/h19-20,23-24,28-34,36,38-41H,3-18,21-22,25-26H2,1-2H3,(H,35,37)/b20-19+,24-23+. The fourth-order valence-corrected chi connectivity index (χ4v) is 5.32. The van der Waals surface area contributed by atoms with E-state index in [1.165, 1.54) is 103 Å². The van der Waals surface area contributed by atoms with Gasteiger partial charge >= 0.3 is 0 Å². The Morgan fingerprint density at radius 2 is 1.28 bits per heavy atom. The largest absolute Gasteiger partial charge is 0.394 e. The maximum absolute atomic E-state index is 11.6. The highest BCUT2D eigenvalue weighted by molar-refractivity contribution is 5.73. The van der Waals surface area contributed by atoms with Crippen molar-refractivity contribution in [3.8, 4) is 0 Å². The molecule has 9 heteroatoms. The number of aliphatic hydroxyl groups excluding tert-OH is 5. The third kappa shape index (κ3) is 18.9. The molecular formula is C34H63NO8. The summed E-state index contributed by atoms with van der Waals surface area (Å²) in [6.07, 6.45) is 23.0. The Balaban J connectivity index is 2.12. The Labute approximate surface area is 260 Å². The summed E-state index contributed by atoms with van der Waals surface area (Å²) in [5, 5.41) is 52.4. The van der Waals surface area contributed by atoms with Gasteiger partial charge in [-0.25, -0.2) is 0 Å². The summed E-state index contributed by atoms with van der Waals surface area (Å²) in [4.78, 5) is 11.6. The predicted molar refractivity (Wildman–Crippen MR) is 170 cm³/mol. The van der Waals surface area contributed by atoms with Crippen LogP contribution in [0.1, 0.15) is 129 Å². The monoisotopic (exact) mass is 613 g/mol. The van der Waals surface area contributed by atoms with Gasteiger partial charge in [-0.05, 0) is 25.7 Å². The number of rotatable bonds is 26. The lowest BCUT2D eigenvalue weighted by Gasteiger charge is -2.40. The van der Waals surface area contributed by atoms with Crippen molar-refractivity contribution < 1.29 is 39.8 Å². The Morgan fingerprint density at radius 1 is 0.767 bits per heavy atom. The van der Waals surface area contributed by atoms with Gasteiger partial charge < -0.3 is 40.3 Å². The molecule has 1 rings (SSSR count). The zero-order valence-corrected chi connectivity index (χ0v) is 27.0. The lowest BCUT2D eigenvalue weighted by molar-refractivity contribution is -0.302. The average Bonchev–Trinajstić information content (AvgIpc) is 2.99. The predicted octanol–water partition coefficient (Wildman–Crippen LogP) is 4.82. The van der Waals surface area contributed by atoms with E-state index in [-0.39, 0.29) is 12.5 Å². The number of amides is 1. The lowest BCUT2D eigenvalue weighted by atomic mass is 9.99. The molecule has 1 saturated heterocycles. The van der Waals surface area contributed by atoms with Crippen LogP contribution in [0.3, 0.4) is 0 Å². The van der Waals surface area contributed by atoms with E-state index in [0.29, 0.717) is 0 Å². The summed E-state index contributed by atoms with van der Waals surface area (Å²) in [6, 6.07) is -0.818. The fourth-order valence-electron chi connectivity index (χ4n) is 5.32. The molecule has 0 radical (unpaired) electrons. The van der Waals surface area contributed by atoms with Gasteiger partial charge in [-0.3, -0.25) is 4.79 Å². The lowest BCUT2D eigenvalue weighted by Crippen LogP contribution is -2.60. The molecule has 1 aliphatic heterocycles. The van der Waals surface area contributed by atoms with Gasteiger partial charge in [0.1, 0.15) is 24.4 Å². The second-order valence-corrected chi connectivity index (χ2v) is 12.0. The van der Waals surface area contributed by atoms with Crippen LogP contribution < -0.4 is 5.32 Å². The quantitative estimate of drug-likeness (QED) is 0.0601. The molecule has 7 unspecified atom stereocenters. The van der Waals surface area contributed by atoms with Crippen molar-refractivity contribution in [2.75, 3.05) is 13.2 Å². The molecule has 252 valence electrons. The summed E-state index contributed by atoms with van der Waals surface area (Å²) >= 11 is 0. The molecule has 9 nitrogen and oxygen atoms in total. The van der Waals surface area contributed by atoms with Gasteiger partial charge in [-0.1, -0.05) is 121 Å². The first-order valence-electron chi connectivity index (χ1n) is 17.0. The number of allylic oxidation sites excluding steroid dienone is 3. The Morgan fingerprint density at radius 3 is 1.81 bits per heavy atom. The summed E-state index contributed by atoms with van der Waals surface area (Å²) in [7, 11) is 0. The molecule has 43 heavy (non-hydrogen) atoms. The maximum Gasteiger partial charge on any atom is 0.217 e. The number of hydrogen-bond donors (Lipinski definition) is 6. The number of carbonyl (C=O) groups is 1. The van der Waals surface area contributed by atoms with Gasteiger partial charge in [0.25, 0.3) is 0 Å². The minimum Gasteiger partial charge on any atom is -0.394 e. The molecule has 0 aromatic heterocycles. The molecule has 1 heterocycles. The molecule has 0 saturated carbocycles. The van der Waals surface area contributed by atoms with Crippen molar-refractivity contribution in [1.82, 2.24) is 5.32 Å². The van der Waals surface area contributed by atoms with Crippen LogP contribution in [0.4, 0.5) is 0 Å². The minimum absolute atomic E-state index is 0.215. The van der Waals surface area contributed by atoms with Gasteiger partial charge in [-0.2, -0.15) is 0 Å². The van der Waals surface area contributed by atoms with E-state index >= 15 is 0 Å². The number of aliphatic hydroxyl groups is 5. The molecule has 1 fully saturated rings. The molecule has 0 spiro atoms. The molecule has 1 amide bonds. The van der Waals surface area contributed by atoms with Crippen LogP contribution in [0.25, 0.3) is 0 Å². The van der Waals surface area contributed by atoms with E-state index in [4.69, 9.17) is 9.47 Å². The van der Waals surface area contributed by atoms with E-state index in [0.717, 1.165) is 19.3 Å². The molecule has 0 aromatic rings. The molecule has 0 aliphatic carbocycles. The van der Waals surface area contributed by atoms with Crippen LogP contribution in [0.5, 0.6) is 0 Å². The summed E-state index contributed by atoms with van der Waals surface area (Å²) in [5.41, 5.74) is 0. The van der Waals surface area contributed by atoms with Crippen LogP contribution in [0, 0.1) is 0 Å². The minimum atomic E-state index is -1.56. The van der Waals surface area contributed by atoms with Crippen molar-refractivity contribution in [2.24, 2.45) is 0 Å². The van der Waals surface area contributed by atoms with E-state index < -0.39 is 49.5 Å².